The van der Waals surface area contributed by atoms with Gasteiger partial charge in [0.15, 0.2) is 0 Å². The van der Waals surface area contributed by atoms with Crippen molar-refractivity contribution in [2.45, 2.75) is 32.0 Å². The first kappa shape index (κ1) is 13.2. The smallest absolute Gasteiger partial charge is 0.405 e. The molecule has 1 saturated carbocycles. The molecular weight excluding hydrogens is 243 g/mol. The van der Waals surface area contributed by atoms with Crippen LogP contribution >= 0.6 is 0 Å². The Morgan fingerprint density at radius 3 is 2.28 bits per heavy atom. The summed E-state index contributed by atoms with van der Waals surface area (Å²) in [6, 6.07) is 6.26. The van der Waals surface area contributed by atoms with Gasteiger partial charge in [-0.15, -0.1) is 13.2 Å². The van der Waals surface area contributed by atoms with Crippen molar-refractivity contribution < 1.29 is 17.9 Å². The van der Waals surface area contributed by atoms with E-state index in [1.807, 2.05) is 13.8 Å². The van der Waals surface area contributed by atoms with Crippen molar-refractivity contribution in [1.82, 2.24) is 0 Å². The van der Waals surface area contributed by atoms with E-state index in [-0.39, 0.29) is 11.2 Å². The molecule has 2 rings (SSSR count). The van der Waals surface area contributed by atoms with Crippen LogP contribution in [0.25, 0.3) is 0 Å². The van der Waals surface area contributed by atoms with Gasteiger partial charge >= 0.3 is 6.36 Å². The molecule has 0 radical (unpaired) electrons. The van der Waals surface area contributed by atoms with E-state index in [1.165, 1.54) is 12.1 Å². The summed E-state index contributed by atoms with van der Waals surface area (Å²) in [6.45, 7) is 4.33. The summed E-state index contributed by atoms with van der Waals surface area (Å²) < 4.78 is 41.2. The van der Waals surface area contributed by atoms with Gasteiger partial charge in [-0.05, 0) is 17.9 Å². The summed E-state index contributed by atoms with van der Waals surface area (Å²) in [4.78, 5) is 0. The number of benzene rings is 1. The Morgan fingerprint density at radius 2 is 1.83 bits per heavy atom. The van der Waals surface area contributed by atoms with Crippen molar-refractivity contribution in [2.24, 2.45) is 11.1 Å². The fourth-order valence-electron chi connectivity index (χ4n) is 2.70. The molecule has 1 aliphatic rings. The number of hydrogen-bond acceptors (Lipinski definition) is 2. The summed E-state index contributed by atoms with van der Waals surface area (Å²) in [6.07, 6.45) is -3.90. The molecule has 18 heavy (non-hydrogen) atoms. The zero-order chi connectivity index (χ0) is 13.6. The van der Waals surface area contributed by atoms with Crippen LogP contribution in [0.3, 0.4) is 0 Å². The number of nitrogens with two attached hydrogens (primary N) is 1. The highest BCUT2D eigenvalue weighted by molar-refractivity contribution is 5.47. The Kier molecular flexibility index (Phi) is 2.85. The van der Waals surface area contributed by atoms with Gasteiger partial charge in [0.2, 0.25) is 0 Å². The number of hydrogen-bond donors (Lipinski definition) is 1. The Morgan fingerprint density at radius 1 is 1.28 bits per heavy atom. The van der Waals surface area contributed by atoms with E-state index in [9.17, 15) is 13.2 Å². The highest BCUT2D eigenvalue weighted by atomic mass is 19.4. The fourth-order valence-corrected chi connectivity index (χ4v) is 2.70. The van der Waals surface area contributed by atoms with Gasteiger partial charge in [-0.1, -0.05) is 32.0 Å². The summed E-state index contributed by atoms with van der Waals surface area (Å²) in [5, 5.41) is 0. The van der Waals surface area contributed by atoms with Crippen molar-refractivity contribution in [3.8, 4) is 5.75 Å². The van der Waals surface area contributed by atoms with Crippen LogP contribution in [-0.2, 0) is 5.41 Å². The third-order valence-electron chi connectivity index (χ3n) is 3.89. The second-order valence-corrected chi connectivity index (χ2v) is 5.39. The lowest BCUT2D eigenvalue weighted by molar-refractivity contribution is -0.275. The van der Waals surface area contributed by atoms with Crippen LogP contribution in [-0.4, -0.2) is 12.9 Å². The van der Waals surface area contributed by atoms with E-state index in [0.717, 1.165) is 6.42 Å². The molecule has 1 fully saturated rings. The molecule has 0 saturated heterocycles. The SMILES string of the molecule is CC1(C)CC1(CN)c1ccccc1OC(F)(F)F. The highest BCUT2D eigenvalue weighted by Crippen LogP contribution is 2.65. The van der Waals surface area contributed by atoms with Crippen molar-refractivity contribution >= 4 is 0 Å². The minimum Gasteiger partial charge on any atom is -0.405 e. The standard InChI is InChI=1S/C13H16F3NO/c1-11(2)7-12(11,8-17)9-5-3-4-6-10(9)18-13(14,15)16/h3-6H,7-8,17H2,1-2H3. The molecule has 1 unspecified atom stereocenters. The average Bonchev–Trinajstić information content (AvgIpc) is 2.80. The topological polar surface area (TPSA) is 35.2 Å². The van der Waals surface area contributed by atoms with Crippen LogP contribution in [0.2, 0.25) is 0 Å². The molecule has 1 atom stereocenters. The van der Waals surface area contributed by atoms with E-state index in [1.54, 1.807) is 12.1 Å². The number of halogens is 3. The minimum atomic E-state index is -4.68. The molecule has 1 aromatic rings. The maximum absolute atomic E-state index is 12.4. The summed E-state index contributed by atoms with van der Waals surface area (Å²) in [7, 11) is 0. The molecule has 0 bridgehead atoms. The quantitative estimate of drug-likeness (QED) is 0.904. The van der Waals surface area contributed by atoms with Crippen LogP contribution in [0.15, 0.2) is 24.3 Å². The first-order valence-corrected chi connectivity index (χ1v) is 5.77. The van der Waals surface area contributed by atoms with Gasteiger partial charge < -0.3 is 10.5 Å². The monoisotopic (exact) mass is 259 g/mol. The predicted molar refractivity (Wildman–Crippen MR) is 62.3 cm³/mol. The Bertz CT molecular complexity index is 456. The van der Waals surface area contributed by atoms with Crippen LogP contribution < -0.4 is 10.5 Å². The van der Waals surface area contributed by atoms with E-state index in [4.69, 9.17) is 5.73 Å². The van der Waals surface area contributed by atoms with Crippen LogP contribution in [0, 0.1) is 5.41 Å². The van der Waals surface area contributed by atoms with Gasteiger partial charge in [-0.25, -0.2) is 0 Å². The molecule has 1 aromatic carbocycles. The van der Waals surface area contributed by atoms with Crippen LogP contribution in [0.5, 0.6) is 5.75 Å². The van der Waals surface area contributed by atoms with Gasteiger partial charge in [-0.2, -0.15) is 0 Å². The third kappa shape index (κ3) is 2.07. The van der Waals surface area contributed by atoms with Crippen molar-refractivity contribution in [3.63, 3.8) is 0 Å². The number of ether oxygens (including phenoxy) is 1. The van der Waals surface area contributed by atoms with Crippen molar-refractivity contribution in [3.05, 3.63) is 29.8 Å². The third-order valence-corrected chi connectivity index (χ3v) is 3.89. The largest absolute Gasteiger partial charge is 0.573 e. The van der Waals surface area contributed by atoms with E-state index in [2.05, 4.69) is 4.74 Å². The van der Waals surface area contributed by atoms with Crippen molar-refractivity contribution in [1.29, 1.82) is 0 Å². The number of para-hydroxylation sites is 1. The van der Waals surface area contributed by atoms with E-state index >= 15 is 0 Å². The molecule has 1 aliphatic carbocycles. The van der Waals surface area contributed by atoms with E-state index in [0.29, 0.717) is 12.1 Å². The lowest BCUT2D eigenvalue weighted by Gasteiger charge is -2.22. The van der Waals surface area contributed by atoms with Gasteiger partial charge in [-0.3, -0.25) is 0 Å². The maximum atomic E-state index is 12.4. The molecule has 0 amide bonds. The zero-order valence-electron chi connectivity index (χ0n) is 10.3. The first-order valence-electron chi connectivity index (χ1n) is 5.77. The van der Waals surface area contributed by atoms with Gasteiger partial charge in [0.25, 0.3) is 0 Å². The summed E-state index contributed by atoms with van der Waals surface area (Å²) in [5.74, 6) is -0.138. The highest BCUT2D eigenvalue weighted by Gasteiger charge is 2.62. The van der Waals surface area contributed by atoms with Gasteiger partial charge in [0, 0.05) is 17.5 Å². The molecule has 2 nitrogen and oxygen atoms in total. The Labute approximate surface area is 104 Å². The molecule has 5 heteroatoms. The summed E-state index contributed by atoms with van der Waals surface area (Å²) in [5.41, 5.74) is 5.82. The van der Waals surface area contributed by atoms with Crippen LogP contribution in [0.1, 0.15) is 25.8 Å². The van der Waals surface area contributed by atoms with E-state index < -0.39 is 11.8 Å². The first-order chi connectivity index (χ1) is 8.22. The molecule has 0 heterocycles. The maximum Gasteiger partial charge on any atom is 0.573 e. The normalized spacial score (nSPS) is 25.9. The lowest BCUT2D eigenvalue weighted by atomic mass is 9.87. The molecule has 100 valence electrons. The van der Waals surface area contributed by atoms with Crippen molar-refractivity contribution in [2.75, 3.05) is 6.54 Å². The van der Waals surface area contributed by atoms with Crippen LogP contribution in [0.4, 0.5) is 13.2 Å². The molecule has 0 aromatic heterocycles. The number of rotatable bonds is 3. The predicted octanol–water partition coefficient (Wildman–Crippen LogP) is 3.21. The lowest BCUT2D eigenvalue weighted by Crippen LogP contribution is -2.27. The number of alkyl halides is 3. The molecular formula is C13H16F3NO. The zero-order valence-corrected chi connectivity index (χ0v) is 10.3. The molecule has 0 spiro atoms. The second kappa shape index (κ2) is 3.88. The average molecular weight is 259 g/mol. The molecule has 0 aliphatic heterocycles. The molecule has 2 N–H and O–H groups in total. The van der Waals surface area contributed by atoms with Gasteiger partial charge in [0.1, 0.15) is 5.75 Å². The Hall–Kier alpha value is -1.23. The summed E-state index contributed by atoms with van der Waals surface area (Å²) >= 11 is 0. The Balaban J connectivity index is 2.40. The van der Waals surface area contributed by atoms with Gasteiger partial charge in [0.05, 0.1) is 0 Å². The fraction of sp³-hybridized carbons (Fsp3) is 0.538. The minimum absolute atomic E-state index is 0.0905. The second-order valence-electron chi connectivity index (χ2n) is 5.39.